The van der Waals surface area contributed by atoms with Gasteiger partial charge in [-0.1, -0.05) is 30.3 Å². The Morgan fingerprint density at radius 2 is 1.74 bits per heavy atom. The molecule has 0 radical (unpaired) electrons. The second kappa shape index (κ2) is 12.8. The molecule has 0 spiro atoms. The standard InChI is InChI=1S/C30H30FN5O7/c1-17-34-35-26(41-17)25(38)33-30(3,4)29-32-23(22(37)16-13-19-11-14-21(31)15-12-19)24(27(39)36(29)5)42-18(2)43-28(40)20-9-7-6-8-10-20/h6-12,14-15,18H,13,16H2,1-5H3,(H,33,38). The van der Waals surface area contributed by atoms with Crippen molar-refractivity contribution < 1.29 is 32.7 Å². The third-order valence-electron chi connectivity index (χ3n) is 6.34. The van der Waals surface area contributed by atoms with E-state index in [2.05, 4.69) is 20.5 Å². The summed E-state index contributed by atoms with van der Waals surface area (Å²) < 4.78 is 30.7. The summed E-state index contributed by atoms with van der Waals surface area (Å²) in [6.07, 6.45) is -1.15. The zero-order chi connectivity index (χ0) is 31.3. The lowest BCUT2D eigenvalue weighted by Crippen LogP contribution is -2.46. The van der Waals surface area contributed by atoms with Crippen LogP contribution < -0.4 is 15.6 Å². The highest BCUT2D eigenvalue weighted by atomic mass is 19.1. The molecule has 2 aromatic carbocycles. The number of rotatable bonds is 11. The average Bonchev–Trinajstić information content (AvgIpc) is 3.41. The Bertz CT molecular complexity index is 1700. The largest absolute Gasteiger partial charge is 0.447 e. The van der Waals surface area contributed by atoms with Crippen LogP contribution in [-0.4, -0.2) is 43.7 Å². The van der Waals surface area contributed by atoms with Gasteiger partial charge in [0.05, 0.1) is 11.1 Å². The molecule has 0 bridgehead atoms. The number of nitrogens with zero attached hydrogens (tertiary/aromatic N) is 4. The second-order valence-electron chi connectivity index (χ2n) is 10.2. The first-order valence-electron chi connectivity index (χ1n) is 13.3. The van der Waals surface area contributed by atoms with Crippen molar-refractivity contribution in [3.8, 4) is 5.75 Å². The molecule has 0 aliphatic carbocycles. The fourth-order valence-electron chi connectivity index (χ4n) is 4.23. The lowest BCUT2D eigenvalue weighted by Gasteiger charge is -2.28. The molecule has 224 valence electrons. The van der Waals surface area contributed by atoms with Gasteiger partial charge in [0.15, 0.2) is 11.5 Å². The fourth-order valence-corrected chi connectivity index (χ4v) is 4.23. The van der Waals surface area contributed by atoms with Gasteiger partial charge < -0.3 is 19.2 Å². The van der Waals surface area contributed by atoms with E-state index < -0.39 is 46.6 Å². The first-order chi connectivity index (χ1) is 20.4. The number of aryl methyl sites for hydroxylation is 2. The normalized spacial score (nSPS) is 12.0. The molecule has 1 unspecified atom stereocenters. The van der Waals surface area contributed by atoms with Gasteiger partial charge >= 0.3 is 17.8 Å². The quantitative estimate of drug-likeness (QED) is 0.155. The van der Waals surface area contributed by atoms with Crippen molar-refractivity contribution in [2.45, 2.75) is 52.4 Å². The van der Waals surface area contributed by atoms with Gasteiger partial charge in [-0.25, -0.2) is 14.2 Å². The Labute approximate surface area is 245 Å². The minimum atomic E-state index is -1.32. The van der Waals surface area contributed by atoms with Crippen LogP contribution in [0.4, 0.5) is 4.39 Å². The number of carbonyl (C=O) groups is 3. The summed E-state index contributed by atoms with van der Waals surface area (Å²) >= 11 is 0. The topological polar surface area (TPSA) is 156 Å². The zero-order valence-electron chi connectivity index (χ0n) is 24.2. The summed E-state index contributed by atoms with van der Waals surface area (Å²) in [7, 11) is 1.40. The van der Waals surface area contributed by atoms with Crippen LogP contribution in [0.15, 0.2) is 63.8 Å². The number of ether oxygens (including phenoxy) is 2. The molecule has 4 aromatic rings. The van der Waals surface area contributed by atoms with Crippen molar-refractivity contribution in [1.29, 1.82) is 0 Å². The van der Waals surface area contributed by atoms with Crippen molar-refractivity contribution in [1.82, 2.24) is 25.1 Å². The second-order valence-corrected chi connectivity index (χ2v) is 10.2. The molecule has 1 amide bonds. The monoisotopic (exact) mass is 591 g/mol. The highest BCUT2D eigenvalue weighted by Crippen LogP contribution is 2.24. The number of carbonyl (C=O) groups excluding carboxylic acids is 3. The SMILES string of the molecule is Cc1nnc(C(=O)NC(C)(C)c2nc(C(=O)CCc3ccc(F)cc3)c(OC(C)OC(=O)c3ccccc3)c(=O)n2C)o1. The highest BCUT2D eigenvalue weighted by Gasteiger charge is 2.33. The van der Waals surface area contributed by atoms with E-state index in [9.17, 15) is 23.6 Å². The van der Waals surface area contributed by atoms with Gasteiger partial charge in [0, 0.05) is 27.3 Å². The van der Waals surface area contributed by atoms with E-state index in [1.165, 1.54) is 33.0 Å². The average molecular weight is 592 g/mol. The van der Waals surface area contributed by atoms with Crippen LogP contribution in [0, 0.1) is 12.7 Å². The molecule has 2 heterocycles. The van der Waals surface area contributed by atoms with Crippen molar-refractivity contribution >= 4 is 17.7 Å². The smallest absolute Gasteiger partial charge is 0.341 e. The van der Waals surface area contributed by atoms with Crippen molar-refractivity contribution in [3.63, 3.8) is 0 Å². The summed E-state index contributed by atoms with van der Waals surface area (Å²) in [6.45, 7) is 6.08. The van der Waals surface area contributed by atoms with Crippen LogP contribution in [0.5, 0.6) is 5.75 Å². The maximum Gasteiger partial charge on any atom is 0.341 e. The summed E-state index contributed by atoms with van der Waals surface area (Å²) in [5, 5.41) is 10.0. The Kier molecular flexibility index (Phi) is 9.12. The van der Waals surface area contributed by atoms with E-state index in [-0.39, 0.29) is 41.7 Å². The van der Waals surface area contributed by atoms with Crippen LogP contribution in [0.2, 0.25) is 0 Å². The van der Waals surface area contributed by atoms with E-state index in [0.717, 1.165) is 4.57 Å². The zero-order valence-corrected chi connectivity index (χ0v) is 24.2. The maximum atomic E-state index is 13.6. The summed E-state index contributed by atoms with van der Waals surface area (Å²) in [4.78, 5) is 57.0. The maximum absolute atomic E-state index is 13.6. The molecule has 2 aromatic heterocycles. The van der Waals surface area contributed by atoms with Gasteiger partial charge in [0.2, 0.25) is 17.9 Å². The lowest BCUT2D eigenvalue weighted by molar-refractivity contribution is -0.0384. The Morgan fingerprint density at radius 1 is 1.07 bits per heavy atom. The highest BCUT2D eigenvalue weighted by molar-refractivity contribution is 5.97. The van der Waals surface area contributed by atoms with Crippen molar-refractivity contribution in [2.75, 3.05) is 0 Å². The predicted octanol–water partition coefficient (Wildman–Crippen LogP) is 3.67. The number of hydrogen-bond acceptors (Lipinski definition) is 10. The van der Waals surface area contributed by atoms with Crippen LogP contribution >= 0.6 is 0 Å². The number of ketones is 1. The van der Waals surface area contributed by atoms with Crippen LogP contribution in [0.3, 0.4) is 0 Å². The molecule has 1 atom stereocenters. The lowest BCUT2D eigenvalue weighted by atomic mass is 10.0. The summed E-state index contributed by atoms with van der Waals surface area (Å²) in [5.41, 5.74) is -1.44. The molecule has 0 saturated carbocycles. The molecule has 0 aliphatic heterocycles. The van der Waals surface area contributed by atoms with E-state index in [1.54, 1.807) is 56.3 Å². The third kappa shape index (κ3) is 7.36. The molecule has 13 heteroatoms. The van der Waals surface area contributed by atoms with Gasteiger partial charge in [-0.2, -0.15) is 0 Å². The predicted molar refractivity (Wildman–Crippen MR) is 150 cm³/mol. The van der Waals surface area contributed by atoms with Gasteiger partial charge in [0.25, 0.3) is 5.56 Å². The molecular weight excluding hydrogens is 561 g/mol. The number of benzene rings is 2. The van der Waals surface area contributed by atoms with Gasteiger partial charge in [-0.15, -0.1) is 10.2 Å². The van der Waals surface area contributed by atoms with Crippen LogP contribution in [0.1, 0.15) is 76.0 Å². The Hall–Kier alpha value is -5.20. The number of esters is 1. The van der Waals surface area contributed by atoms with E-state index in [1.807, 2.05) is 0 Å². The first-order valence-corrected chi connectivity index (χ1v) is 13.3. The third-order valence-corrected chi connectivity index (χ3v) is 6.34. The summed E-state index contributed by atoms with van der Waals surface area (Å²) in [6, 6.07) is 13.8. The molecular formula is C30H30FN5O7. The fraction of sp³-hybridized carbons (Fsp3) is 0.300. The number of nitrogens with one attached hydrogen (secondary N) is 1. The van der Waals surface area contributed by atoms with Gasteiger partial charge in [-0.05, 0) is 50.1 Å². The van der Waals surface area contributed by atoms with Crippen LogP contribution in [0.25, 0.3) is 0 Å². The molecule has 43 heavy (non-hydrogen) atoms. The Morgan fingerprint density at radius 3 is 2.37 bits per heavy atom. The molecule has 4 rings (SSSR count). The summed E-state index contributed by atoms with van der Waals surface area (Å²) in [5.74, 6) is -2.90. The molecule has 0 fully saturated rings. The Balaban J connectivity index is 1.67. The van der Waals surface area contributed by atoms with Crippen molar-refractivity contribution in [2.24, 2.45) is 7.05 Å². The minimum Gasteiger partial charge on any atom is -0.447 e. The molecule has 12 nitrogen and oxygen atoms in total. The molecule has 1 N–H and O–H groups in total. The van der Waals surface area contributed by atoms with E-state index >= 15 is 0 Å². The number of amides is 1. The van der Waals surface area contributed by atoms with Crippen molar-refractivity contribution in [3.05, 3.63) is 105 Å². The van der Waals surface area contributed by atoms with E-state index in [4.69, 9.17) is 13.9 Å². The van der Waals surface area contributed by atoms with Crippen LogP contribution in [-0.2, 0) is 23.7 Å². The molecule has 0 saturated heterocycles. The minimum absolute atomic E-state index is 0.0218. The van der Waals surface area contributed by atoms with Gasteiger partial charge in [-0.3, -0.25) is 19.0 Å². The van der Waals surface area contributed by atoms with Gasteiger partial charge in [0.1, 0.15) is 11.6 Å². The number of aromatic nitrogens is 4. The number of hydrogen-bond donors (Lipinski definition) is 1. The molecule has 0 aliphatic rings. The number of halogens is 1. The van der Waals surface area contributed by atoms with E-state index in [0.29, 0.717) is 5.56 Å². The number of Topliss-reactive ketones (excluding diaryl/α,β-unsaturated/α-hetero) is 1. The first kappa shape index (κ1) is 30.8.